The third-order valence-corrected chi connectivity index (χ3v) is 5.83. The molecule has 2 amide bonds. The number of amides is 2. The number of hydrogen-bond acceptors (Lipinski definition) is 2. The van der Waals surface area contributed by atoms with Crippen molar-refractivity contribution in [2.75, 3.05) is 25.0 Å². The molecule has 148 valence electrons. The van der Waals surface area contributed by atoms with Crippen LogP contribution in [0.3, 0.4) is 0 Å². The Bertz CT molecular complexity index is 632. The normalized spacial score (nSPS) is 21.6. The number of allylic oxidation sites excluding steroid dienone is 1. The lowest BCUT2D eigenvalue weighted by molar-refractivity contribution is 0.205. The molecule has 0 spiro atoms. The van der Waals surface area contributed by atoms with Crippen LogP contribution in [0.25, 0.3) is 0 Å². The van der Waals surface area contributed by atoms with E-state index in [2.05, 4.69) is 34.6 Å². The lowest BCUT2D eigenvalue weighted by Gasteiger charge is -2.33. The van der Waals surface area contributed by atoms with Crippen LogP contribution in [-0.4, -0.2) is 36.6 Å². The molecule has 4 nitrogen and oxygen atoms in total. The average Bonchev–Trinajstić information content (AvgIpc) is 2.65. The molecule has 1 aliphatic heterocycles. The van der Waals surface area contributed by atoms with Crippen molar-refractivity contribution in [2.45, 2.75) is 70.8 Å². The van der Waals surface area contributed by atoms with Crippen molar-refractivity contribution in [3.05, 3.63) is 41.5 Å². The SMILES string of the molecule is CCc1cccc(NC(=O)NC2CCN(C/C3=C/CCCCCC3)CC2)c1. The Kier molecular flexibility index (Phi) is 7.76. The Morgan fingerprint density at radius 1 is 1.15 bits per heavy atom. The van der Waals surface area contributed by atoms with E-state index in [9.17, 15) is 4.79 Å². The molecule has 2 aliphatic rings. The molecule has 27 heavy (non-hydrogen) atoms. The van der Waals surface area contributed by atoms with Crippen LogP contribution in [0.15, 0.2) is 35.9 Å². The summed E-state index contributed by atoms with van der Waals surface area (Å²) in [4.78, 5) is 14.9. The van der Waals surface area contributed by atoms with Crippen molar-refractivity contribution in [2.24, 2.45) is 0 Å². The van der Waals surface area contributed by atoms with Gasteiger partial charge in [-0.2, -0.15) is 0 Å². The van der Waals surface area contributed by atoms with Gasteiger partial charge in [0, 0.05) is 31.4 Å². The van der Waals surface area contributed by atoms with Gasteiger partial charge in [-0.1, -0.05) is 43.5 Å². The van der Waals surface area contributed by atoms with Crippen molar-refractivity contribution in [1.29, 1.82) is 0 Å². The third kappa shape index (κ3) is 6.69. The third-order valence-electron chi connectivity index (χ3n) is 5.83. The highest BCUT2D eigenvalue weighted by Crippen LogP contribution is 2.20. The zero-order chi connectivity index (χ0) is 18.9. The first-order valence-electron chi connectivity index (χ1n) is 10.8. The lowest BCUT2D eigenvalue weighted by Crippen LogP contribution is -2.46. The van der Waals surface area contributed by atoms with Crippen molar-refractivity contribution >= 4 is 11.7 Å². The number of aryl methyl sites for hydroxylation is 1. The number of carbonyl (C=O) groups is 1. The standard InChI is InChI=1S/C23H35N3O/c1-2-19-11-8-12-22(17-19)25-23(27)24-21-13-15-26(16-14-21)18-20-9-6-4-3-5-7-10-20/h8-9,11-12,17,21H,2-7,10,13-16,18H2,1H3,(H2,24,25,27)/b20-9+. The summed E-state index contributed by atoms with van der Waals surface area (Å²) >= 11 is 0. The van der Waals surface area contributed by atoms with E-state index in [0.717, 1.165) is 44.6 Å². The Labute approximate surface area is 164 Å². The topological polar surface area (TPSA) is 44.4 Å². The molecule has 1 aromatic rings. The minimum atomic E-state index is -0.0792. The first kappa shape index (κ1) is 19.9. The van der Waals surface area contributed by atoms with Crippen LogP contribution in [0.4, 0.5) is 10.5 Å². The number of urea groups is 1. The maximum absolute atomic E-state index is 12.3. The number of benzene rings is 1. The first-order chi connectivity index (χ1) is 13.2. The molecule has 1 fully saturated rings. The first-order valence-corrected chi connectivity index (χ1v) is 10.8. The number of anilines is 1. The van der Waals surface area contributed by atoms with Gasteiger partial charge in [-0.15, -0.1) is 0 Å². The van der Waals surface area contributed by atoms with Crippen LogP contribution in [0.1, 0.15) is 63.9 Å². The Morgan fingerprint density at radius 3 is 2.78 bits per heavy atom. The van der Waals surface area contributed by atoms with Crippen molar-refractivity contribution in [1.82, 2.24) is 10.2 Å². The second kappa shape index (κ2) is 10.5. The maximum atomic E-state index is 12.3. The molecule has 0 bridgehead atoms. The smallest absolute Gasteiger partial charge is 0.319 e. The summed E-state index contributed by atoms with van der Waals surface area (Å²) in [5, 5.41) is 6.14. The summed E-state index contributed by atoms with van der Waals surface area (Å²) in [5.41, 5.74) is 3.75. The van der Waals surface area contributed by atoms with Gasteiger partial charge in [-0.3, -0.25) is 4.90 Å². The summed E-state index contributed by atoms with van der Waals surface area (Å²) in [6.07, 6.45) is 13.6. The van der Waals surface area contributed by atoms with Gasteiger partial charge in [0.2, 0.25) is 0 Å². The van der Waals surface area contributed by atoms with E-state index in [0.29, 0.717) is 0 Å². The molecule has 4 heteroatoms. The highest BCUT2D eigenvalue weighted by Gasteiger charge is 2.21. The highest BCUT2D eigenvalue weighted by molar-refractivity contribution is 5.89. The van der Waals surface area contributed by atoms with Gasteiger partial charge in [-0.05, 0) is 62.6 Å². The molecule has 1 aliphatic carbocycles. The number of carbonyl (C=O) groups excluding carboxylic acids is 1. The van der Waals surface area contributed by atoms with Crippen LogP contribution in [0, 0.1) is 0 Å². The van der Waals surface area contributed by atoms with Crippen LogP contribution in [0.2, 0.25) is 0 Å². The highest BCUT2D eigenvalue weighted by atomic mass is 16.2. The minimum absolute atomic E-state index is 0.0792. The van der Waals surface area contributed by atoms with E-state index in [1.807, 2.05) is 18.2 Å². The Hall–Kier alpha value is -1.81. The number of likely N-dealkylation sites (tertiary alicyclic amines) is 1. The fraction of sp³-hybridized carbons (Fsp3) is 0.609. The average molecular weight is 370 g/mol. The van der Waals surface area contributed by atoms with Gasteiger partial charge in [0.25, 0.3) is 0 Å². The zero-order valence-electron chi connectivity index (χ0n) is 16.8. The van der Waals surface area contributed by atoms with Crippen molar-refractivity contribution in [3.8, 4) is 0 Å². The predicted molar refractivity (Wildman–Crippen MR) is 113 cm³/mol. The second-order valence-electron chi connectivity index (χ2n) is 8.02. The molecule has 1 aromatic carbocycles. The second-order valence-corrected chi connectivity index (χ2v) is 8.02. The zero-order valence-corrected chi connectivity index (χ0v) is 16.8. The van der Waals surface area contributed by atoms with E-state index in [-0.39, 0.29) is 12.1 Å². The molecule has 0 saturated carbocycles. The van der Waals surface area contributed by atoms with Gasteiger partial charge >= 0.3 is 6.03 Å². The molecule has 1 heterocycles. The predicted octanol–water partition coefficient (Wildman–Crippen LogP) is 5.12. The monoisotopic (exact) mass is 369 g/mol. The van der Waals surface area contributed by atoms with Gasteiger partial charge < -0.3 is 10.6 Å². The summed E-state index contributed by atoms with van der Waals surface area (Å²) in [5.74, 6) is 0. The molecular weight excluding hydrogens is 334 g/mol. The van der Waals surface area contributed by atoms with Crippen LogP contribution < -0.4 is 10.6 Å². The molecule has 0 unspecified atom stereocenters. The molecule has 0 atom stereocenters. The molecule has 0 aromatic heterocycles. The number of hydrogen-bond donors (Lipinski definition) is 2. The molecule has 2 N–H and O–H groups in total. The fourth-order valence-corrected chi connectivity index (χ4v) is 4.15. The summed E-state index contributed by atoms with van der Waals surface area (Å²) in [6, 6.07) is 8.28. The summed E-state index contributed by atoms with van der Waals surface area (Å²) < 4.78 is 0. The quantitative estimate of drug-likeness (QED) is 0.708. The number of rotatable bonds is 5. The largest absolute Gasteiger partial charge is 0.335 e. The molecule has 3 rings (SSSR count). The van der Waals surface area contributed by atoms with E-state index >= 15 is 0 Å². The van der Waals surface area contributed by atoms with Crippen LogP contribution in [-0.2, 0) is 6.42 Å². The van der Waals surface area contributed by atoms with Crippen molar-refractivity contribution in [3.63, 3.8) is 0 Å². The minimum Gasteiger partial charge on any atom is -0.335 e. The molecule has 0 radical (unpaired) electrons. The molecule has 1 saturated heterocycles. The maximum Gasteiger partial charge on any atom is 0.319 e. The summed E-state index contributed by atoms with van der Waals surface area (Å²) in [6.45, 7) is 5.41. The van der Waals surface area contributed by atoms with Crippen LogP contribution >= 0.6 is 0 Å². The van der Waals surface area contributed by atoms with Gasteiger partial charge in [0.1, 0.15) is 0 Å². The Balaban J connectivity index is 1.40. The van der Waals surface area contributed by atoms with E-state index in [1.54, 1.807) is 5.57 Å². The van der Waals surface area contributed by atoms with Gasteiger partial charge in [-0.25, -0.2) is 4.79 Å². The number of nitrogens with zero attached hydrogens (tertiary/aromatic N) is 1. The van der Waals surface area contributed by atoms with E-state index < -0.39 is 0 Å². The lowest BCUT2D eigenvalue weighted by atomic mass is 9.98. The van der Waals surface area contributed by atoms with Crippen molar-refractivity contribution < 1.29 is 4.79 Å². The molecular formula is C23H35N3O. The number of nitrogens with one attached hydrogen (secondary N) is 2. The van der Waals surface area contributed by atoms with Crippen LogP contribution in [0.5, 0.6) is 0 Å². The Morgan fingerprint density at radius 2 is 1.96 bits per heavy atom. The fourth-order valence-electron chi connectivity index (χ4n) is 4.15. The number of piperidine rings is 1. The van der Waals surface area contributed by atoms with Gasteiger partial charge in [0.05, 0.1) is 0 Å². The van der Waals surface area contributed by atoms with E-state index in [4.69, 9.17) is 0 Å². The van der Waals surface area contributed by atoms with Gasteiger partial charge in [0.15, 0.2) is 0 Å². The summed E-state index contributed by atoms with van der Waals surface area (Å²) in [7, 11) is 0. The van der Waals surface area contributed by atoms with E-state index in [1.165, 1.54) is 44.1 Å².